The molecule has 3 rings (SSSR count). The van der Waals surface area contributed by atoms with Gasteiger partial charge in [-0.25, -0.2) is 19.0 Å². The average molecular weight is 305 g/mol. The molecular formula is C16H14F3N3. The standard InChI is InChI=1S/C16H14F3N3/c17-12-4-2-1-3-11(12)15-9-22(20)16(21-15)8-10-5-6-13(18)14(19)7-10/h1-7,15H,8-9,20H2. The minimum atomic E-state index is -0.912. The Bertz CT molecular complexity index is 730. The first-order valence-corrected chi connectivity index (χ1v) is 6.82. The first-order valence-electron chi connectivity index (χ1n) is 6.82. The van der Waals surface area contributed by atoms with Crippen LogP contribution in [0.3, 0.4) is 0 Å². The maximum atomic E-state index is 13.8. The zero-order chi connectivity index (χ0) is 15.7. The number of hydrazine groups is 1. The molecular weight excluding hydrogens is 291 g/mol. The summed E-state index contributed by atoms with van der Waals surface area (Å²) in [5.74, 6) is 4.25. The highest BCUT2D eigenvalue weighted by Gasteiger charge is 2.26. The van der Waals surface area contributed by atoms with Gasteiger partial charge in [-0.1, -0.05) is 24.3 Å². The highest BCUT2D eigenvalue weighted by atomic mass is 19.2. The van der Waals surface area contributed by atoms with Gasteiger partial charge >= 0.3 is 0 Å². The lowest BCUT2D eigenvalue weighted by Gasteiger charge is -2.14. The first kappa shape index (κ1) is 14.6. The number of hydrogen-bond acceptors (Lipinski definition) is 3. The van der Waals surface area contributed by atoms with Gasteiger partial charge in [-0.3, -0.25) is 10.0 Å². The van der Waals surface area contributed by atoms with E-state index < -0.39 is 17.7 Å². The van der Waals surface area contributed by atoms with Crippen molar-refractivity contribution in [1.82, 2.24) is 5.01 Å². The zero-order valence-corrected chi connectivity index (χ0v) is 11.6. The van der Waals surface area contributed by atoms with Crippen molar-refractivity contribution >= 4 is 5.84 Å². The van der Waals surface area contributed by atoms with Crippen molar-refractivity contribution in [2.75, 3.05) is 6.54 Å². The molecule has 114 valence electrons. The van der Waals surface area contributed by atoms with Crippen LogP contribution in [0.1, 0.15) is 17.2 Å². The van der Waals surface area contributed by atoms with Gasteiger partial charge in [0.15, 0.2) is 11.6 Å². The summed E-state index contributed by atoms with van der Waals surface area (Å²) in [5.41, 5.74) is 1.03. The highest BCUT2D eigenvalue weighted by molar-refractivity contribution is 5.85. The molecule has 1 unspecified atom stereocenters. The van der Waals surface area contributed by atoms with E-state index >= 15 is 0 Å². The molecule has 1 aliphatic heterocycles. The zero-order valence-electron chi connectivity index (χ0n) is 11.6. The largest absolute Gasteiger partial charge is 0.296 e. The minimum absolute atomic E-state index is 0.263. The summed E-state index contributed by atoms with van der Waals surface area (Å²) in [6.45, 7) is 0.347. The van der Waals surface area contributed by atoms with Gasteiger partial charge in [0.2, 0.25) is 0 Å². The van der Waals surface area contributed by atoms with Gasteiger partial charge in [-0.05, 0) is 23.8 Å². The highest BCUT2D eigenvalue weighted by Crippen LogP contribution is 2.26. The molecule has 1 atom stereocenters. The maximum absolute atomic E-state index is 13.8. The molecule has 0 aliphatic carbocycles. The Kier molecular flexibility index (Phi) is 3.85. The molecule has 0 bridgehead atoms. The number of nitrogens with zero attached hydrogens (tertiary/aromatic N) is 2. The second-order valence-electron chi connectivity index (χ2n) is 5.16. The van der Waals surface area contributed by atoms with E-state index in [9.17, 15) is 13.2 Å². The van der Waals surface area contributed by atoms with Crippen LogP contribution in [-0.2, 0) is 6.42 Å². The third-order valence-electron chi connectivity index (χ3n) is 3.62. The number of aliphatic imine (C=N–C) groups is 1. The first-order chi connectivity index (χ1) is 10.5. The predicted molar refractivity (Wildman–Crippen MR) is 77.5 cm³/mol. The molecule has 0 amide bonds. The fourth-order valence-corrected chi connectivity index (χ4v) is 2.48. The van der Waals surface area contributed by atoms with E-state index in [4.69, 9.17) is 5.84 Å². The number of rotatable bonds is 3. The lowest BCUT2D eigenvalue weighted by molar-refractivity contribution is 0.436. The van der Waals surface area contributed by atoms with Crippen LogP contribution in [0.4, 0.5) is 13.2 Å². The molecule has 0 spiro atoms. The molecule has 0 saturated carbocycles. The van der Waals surface area contributed by atoms with Gasteiger partial charge in [0.05, 0.1) is 12.6 Å². The second kappa shape index (κ2) is 5.81. The van der Waals surface area contributed by atoms with Gasteiger partial charge in [0, 0.05) is 12.0 Å². The maximum Gasteiger partial charge on any atom is 0.159 e. The number of hydrogen-bond donors (Lipinski definition) is 1. The Labute approximate surface area is 125 Å². The summed E-state index contributed by atoms with van der Waals surface area (Å²) in [4.78, 5) is 4.41. The Morgan fingerprint density at radius 2 is 1.82 bits per heavy atom. The Morgan fingerprint density at radius 3 is 2.55 bits per heavy atom. The van der Waals surface area contributed by atoms with E-state index in [2.05, 4.69) is 4.99 Å². The van der Waals surface area contributed by atoms with Crippen LogP contribution in [0, 0.1) is 17.5 Å². The van der Waals surface area contributed by atoms with Crippen molar-refractivity contribution in [3.05, 3.63) is 71.0 Å². The van der Waals surface area contributed by atoms with Gasteiger partial charge < -0.3 is 0 Å². The van der Waals surface area contributed by atoms with E-state index in [1.807, 2.05) is 0 Å². The van der Waals surface area contributed by atoms with Crippen LogP contribution >= 0.6 is 0 Å². The normalized spacial score (nSPS) is 17.7. The molecule has 22 heavy (non-hydrogen) atoms. The average Bonchev–Trinajstić information content (AvgIpc) is 2.84. The van der Waals surface area contributed by atoms with Crippen LogP contribution in [0.5, 0.6) is 0 Å². The lowest BCUT2D eigenvalue weighted by atomic mass is 10.1. The Hall–Kier alpha value is -2.34. The number of amidine groups is 1. The van der Waals surface area contributed by atoms with Gasteiger partial charge in [0.25, 0.3) is 0 Å². The number of halogens is 3. The number of benzene rings is 2. The third-order valence-corrected chi connectivity index (χ3v) is 3.62. The quantitative estimate of drug-likeness (QED) is 0.886. The molecule has 3 nitrogen and oxygen atoms in total. The van der Waals surface area contributed by atoms with Crippen molar-refractivity contribution < 1.29 is 13.2 Å². The molecule has 0 fully saturated rings. The van der Waals surface area contributed by atoms with Crippen molar-refractivity contribution in [2.24, 2.45) is 10.8 Å². The third kappa shape index (κ3) is 2.82. The summed E-state index contributed by atoms with van der Waals surface area (Å²) in [7, 11) is 0. The van der Waals surface area contributed by atoms with Crippen molar-refractivity contribution in [2.45, 2.75) is 12.5 Å². The van der Waals surface area contributed by atoms with Gasteiger partial charge in [0.1, 0.15) is 11.7 Å². The summed E-state index contributed by atoms with van der Waals surface area (Å²) in [6, 6.07) is 9.65. The van der Waals surface area contributed by atoms with Crippen molar-refractivity contribution in [3.8, 4) is 0 Å². The molecule has 2 aromatic rings. The molecule has 1 aliphatic rings. The molecule has 6 heteroatoms. The monoisotopic (exact) mass is 305 g/mol. The second-order valence-corrected chi connectivity index (χ2v) is 5.16. The van der Waals surface area contributed by atoms with Crippen LogP contribution < -0.4 is 5.84 Å². The van der Waals surface area contributed by atoms with Crippen LogP contribution in [0.25, 0.3) is 0 Å². The fraction of sp³-hybridized carbons (Fsp3) is 0.188. The van der Waals surface area contributed by atoms with E-state index in [1.54, 1.807) is 18.2 Å². The molecule has 2 N–H and O–H groups in total. The summed E-state index contributed by atoms with van der Waals surface area (Å²) >= 11 is 0. The molecule has 2 aromatic carbocycles. The van der Waals surface area contributed by atoms with E-state index in [0.29, 0.717) is 23.5 Å². The van der Waals surface area contributed by atoms with Gasteiger partial charge in [-0.15, -0.1) is 0 Å². The van der Waals surface area contributed by atoms with Gasteiger partial charge in [-0.2, -0.15) is 0 Å². The smallest absolute Gasteiger partial charge is 0.159 e. The van der Waals surface area contributed by atoms with Crippen LogP contribution in [-0.4, -0.2) is 17.4 Å². The van der Waals surface area contributed by atoms with Crippen molar-refractivity contribution in [3.63, 3.8) is 0 Å². The van der Waals surface area contributed by atoms with Crippen LogP contribution in [0.2, 0.25) is 0 Å². The topological polar surface area (TPSA) is 41.6 Å². The summed E-state index contributed by atoms with van der Waals surface area (Å²) in [6.07, 6.45) is 0.263. The Balaban J connectivity index is 1.83. The lowest BCUT2D eigenvalue weighted by Crippen LogP contribution is -2.36. The molecule has 0 saturated heterocycles. The van der Waals surface area contributed by atoms with E-state index in [0.717, 1.165) is 12.1 Å². The number of nitrogens with two attached hydrogens (primary N) is 1. The molecule has 0 radical (unpaired) electrons. The Morgan fingerprint density at radius 1 is 1.05 bits per heavy atom. The fourth-order valence-electron chi connectivity index (χ4n) is 2.48. The van der Waals surface area contributed by atoms with E-state index in [-0.39, 0.29) is 12.2 Å². The molecule has 1 heterocycles. The summed E-state index contributed by atoms with van der Waals surface area (Å²) in [5, 5.41) is 1.42. The molecule has 0 aromatic heterocycles. The minimum Gasteiger partial charge on any atom is -0.296 e. The SMILES string of the molecule is NN1CC(c2ccccc2F)N=C1Cc1ccc(F)c(F)c1. The predicted octanol–water partition coefficient (Wildman–Crippen LogP) is 2.98. The van der Waals surface area contributed by atoms with E-state index in [1.165, 1.54) is 17.1 Å². The van der Waals surface area contributed by atoms with Crippen LogP contribution in [0.15, 0.2) is 47.5 Å². The van der Waals surface area contributed by atoms with Crippen molar-refractivity contribution in [1.29, 1.82) is 0 Å². The summed E-state index contributed by atoms with van der Waals surface area (Å²) < 4.78 is 40.0.